The van der Waals surface area contributed by atoms with E-state index in [0.29, 0.717) is 17.1 Å². The number of imidazole rings is 1. The number of hydrogen-bond donors (Lipinski definition) is 0. The Balaban J connectivity index is 1.77. The van der Waals surface area contributed by atoms with Crippen molar-refractivity contribution in [2.45, 2.75) is 44.9 Å². The number of rotatable bonds is 3. The van der Waals surface area contributed by atoms with E-state index < -0.39 is 0 Å². The third kappa shape index (κ3) is 2.55. The standard InChI is InChI=1S/C14H19N3O2/c1-17-9-15-12-13(17)16-11(19-14(12)18)8-7-10-5-3-2-4-6-10/h9-10H,2-8H2,1H3. The van der Waals surface area contributed by atoms with Crippen LogP contribution >= 0.6 is 0 Å². The minimum atomic E-state index is -0.371. The molecule has 2 heterocycles. The smallest absolute Gasteiger partial charge is 0.367 e. The van der Waals surface area contributed by atoms with Crippen LogP contribution in [0.25, 0.3) is 11.2 Å². The van der Waals surface area contributed by atoms with E-state index in [1.165, 1.54) is 32.1 Å². The summed E-state index contributed by atoms with van der Waals surface area (Å²) in [6.07, 6.45) is 10.1. The normalized spacial score (nSPS) is 17.1. The molecular formula is C14H19N3O2. The molecule has 1 fully saturated rings. The first-order valence-corrected chi connectivity index (χ1v) is 7.05. The van der Waals surface area contributed by atoms with Gasteiger partial charge in [-0.05, 0) is 12.3 Å². The van der Waals surface area contributed by atoms with Crippen molar-refractivity contribution in [3.8, 4) is 0 Å². The minimum Gasteiger partial charge on any atom is -0.407 e. The van der Waals surface area contributed by atoms with Gasteiger partial charge < -0.3 is 8.98 Å². The highest BCUT2D eigenvalue weighted by Crippen LogP contribution is 2.27. The number of aromatic nitrogens is 3. The van der Waals surface area contributed by atoms with Gasteiger partial charge in [0.15, 0.2) is 11.2 Å². The van der Waals surface area contributed by atoms with E-state index in [4.69, 9.17) is 4.42 Å². The highest BCUT2D eigenvalue weighted by Gasteiger charge is 2.16. The third-order valence-electron chi connectivity index (χ3n) is 4.03. The fraction of sp³-hybridized carbons (Fsp3) is 0.643. The molecule has 0 amide bonds. The summed E-state index contributed by atoms with van der Waals surface area (Å²) in [6.45, 7) is 0. The highest BCUT2D eigenvalue weighted by atomic mass is 16.4. The SMILES string of the molecule is Cn1cnc2c(=O)oc(CCC3CCCCC3)nc21. The van der Waals surface area contributed by atoms with Crippen molar-refractivity contribution in [3.05, 3.63) is 22.6 Å². The lowest BCUT2D eigenvalue weighted by molar-refractivity contribution is 0.323. The van der Waals surface area contributed by atoms with Crippen molar-refractivity contribution >= 4 is 11.2 Å². The van der Waals surface area contributed by atoms with Gasteiger partial charge in [-0.2, -0.15) is 4.98 Å². The molecule has 102 valence electrons. The van der Waals surface area contributed by atoms with E-state index >= 15 is 0 Å². The molecular weight excluding hydrogens is 242 g/mol. The predicted molar refractivity (Wildman–Crippen MR) is 71.9 cm³/mol. The van der Waals surface area contributed by atoms with Crippen molar-refractivity contribution in [1.29, 1.82) is 0 Å². The van der Waals surface area contributed by atoms with Crippen LogP contribution in [0.1, 0.15) is 44.4 Å². The molecule has 1 aliphatic carbocycles. The Labute approximate surface area is 111 Å². The van der Waals surface area contributed by atoms with E-state index in [0.717, 1.165) is 18.8 Å². The van der Waals surface area contributed by atoms with Crippen molar-refractivity contribution in [1.82, 2.24) is 14.5 Å². The number of fused-ring (bicyclic) bond motifs is 1. The molecule has 0 spiro atoms. The maximum atomic E-state index is 11.8. The molecule has 2 aromatic heterocycles. The summed E-state index contributed by atoms with van der Waals surface area (Å²) in [5.74, 6) is 1.31. The van der Waals surface area contributed by atoms with Gasteiger partial charge in [-0.25, -0.2) is 9.78 Å². The van der Waals surface area contributed by atoms with Gasteiger partial charge in [0.05, 0.1) is 6.33 Å². The van der Waals surface area contributed by atoms with Crippen LogP contribution < -0.4 is 5.63 Å². The van der Waals surface area contributed by atoms with Crippen LogP contribution in [-0.4, -0.2) is 14.5 Å². The fourth-order valence-electron chi connectivity index (χ4n) is 2.91. The van der Waals surface area contributed by atoms with Crippen LogP contribution in [0.15, 0.2) is 15.5 Å². The van der Waals surface area contributed by atoms with Crippen LogP contribution in [0, 0.1) is 5.92 Å². The summed E-state index contributed by atoms with van der Waals surface area (Å²) in [7, 11) is 1.84. The van der Waals surface area contributed by atoms with E-state index in [9.17, 15) is 4.79 Å². The van der Waals surface area contributed by atoms with Gasteiger partial charge in [0, 0.05) is 13.5 Å². The zero-order chi connectivity index (χ0) is 13.2. The molecule has 1 saturated carbocycles. The Bertz CT molecular complexity index is 623. The average Bonchev–Trinajstić information content (AvgIpc) is 2.80. The monoisotopic (exact) mass is 261 g/mol. The van der Waals surface area contributed by atoms with Crippen molar-refractivity contribution < 1.29 is 4.42 Å². The molecule has 0 bridgehead atoms. The van der Waals surface area contributed by atoms with Crippen molar-refractivity contribution in [2.75, 3.05) is 0 Å². The lowest BCUT2D eigenvalue weighted by atomic mass is 9.86. The largest absolute Gasteiger partial charge is 0.407 e. The summed E-state index contributed by atoms with van der Waals surface area (Å²) in [5, 5.41) is 0. The molecule has 3 rings (SSSR count). The Morgan fingerprint density at radius 1 is 1.37 bits per heavy atom. The fourth-order valence-corrected chi connectivity index (χ4v) is 2.91. The lowest BCUT2D eigenvalue weighted by Gasteiger charge is -2.20. The summed E-state index contributed by atoms with van der Waals surface area (Å²) in [6, 6.07) is 0. The topological polar surface area (TPSA) is 60.9 Å². The van der Waals surface area contributed by atoms with Gasteiger partial charge in [0.2, 0.25) is 5.89 Å². The average molecular weight is 261 g/mol. The first-order valence-electron chi connectivity index (χ1n) is 7.05. The number of aryl methyl sites for hydroxylation is 2. The maximum Gasteiger partial charge on any atom is 0.367 e. The first-order chi connectivity index (χ1) is 9.24. The molecule has 5 nitrogen and oxygen atoms in total. The Morgan fingerprint density at radius 3 is 2.95 bits per heavy atom. The molecule has 1 aliphatic rings. The summed E-state index contributed by atoms with van der Waals surface area (Å²) >= 11 is 0. The Morgan fingerprint density at radius 2 is 2.16 bits per heavy atom. The van der Waals surface area contributed by atoms with E-state index in [-0.39, 0.29) is 5.63 Å². The van der Waals surface area contributed by atoms with Gasteiger partial charge in [0.25, 0.3) is 0 Å². The summed E-state index contributed by atoms with van der Waals surface area (Å²) in [5.41, 5.74) is 0.572. The van der Waals surface area contributed by atoms with Crippen LogP contribution in [0.2, 0.25) is 0 Å². The Kier molecular flexibility index (Phi) is 3.36. The molecule has 0 radical (unpaired) electrons. The second kappa shape index (κ2) is 5.15. The van der Waals surface area contributed by atoms with Gasteiger partial charge in [0.1, 0.15) is 0 Å². The first kappa shape index (κ1) is 12.4. The number of hydrogen-bond acceptors (Lipinski definition) is 4. The lowest BCUT2D eigenvalue weighted by Crippen LogP contribution is -2.10. The zero-order valence-corrected chi connectivity index (χ0v) is 11.3. The molecule has 0 saturated heterocycles. The Hall–Kier alpha value is -1.65. The molecule has 0 atom stereocenters. The van der Waals surface area contributed by atoms with E-state index in [1.54, 1.807) is 10.9 Å². The number of nitrogens with zero attached hydrogens (tertiary/aromatic N) is 3. The molecule has 5 heteroatoms. The van der Waals surface area contributed by atoms with Crippen LogP contribution in [0.4, 0.5) is 0 Å². The second-order valence-corrected chi connectivity index (χ2v) is 5.47. The quantitative estimate of drug-likeness (QED) is 0.851. The van der Waals surface area contributed by atoms with Gasteiger partial charge in [-0.1, -0.05) is 32.1 Å². The second-order valence-electron chi connectivity index (χ2n) is 5.47. The van der Waals surface area contributed by atoms with Crippen molar-refractivity contribution in [2.24, 2.45) is 13.0 Å². The molecule has 19 heavy (non-hydrogen) atoms. The van der Waals surface area contributed by atoms with Crippen molar-refractivity contribution in [3.63, 3.8) is 0 Å². The maximum absolute atomic E-state index is 11.8. The van der Waals surface area contributed by atoms with Gasteiger partial charge in [-0.15, -0.1) is 0 Å². The van der Waals surface area contributed by atoms with E-state index in [2.05, 4.69) is 9.97 Å². The molecule has 0 aromatic carbocycles. The predicted octanol–water partition coefficient (Wildman–Crippen LogP) is 2.43. The zero-order valence-electron chi connectivity index (χ0n) is 11.3. The van der Waals surface area contributed by atoms with Gasteiger partial charge >= 0.3 is 5.63 Å². The van der Waals surface area contributed by atoms with E-state index in [1.807, 2.05) is 7.05 Å². The summed E-state index contributed by atoms with van der Waals surface area (Å²) < 4.78 is 7.01. The van der Waals surface area contributed by atoms with Crippen LogP contribution in [-0.2, 0) is 13.5 Å². The third-order valence-corrected chi connectivity index (χ3v) is 4.03. The van der Waals surface area contributed by atoms with Gasteiger partial charge in [-0.3, -0.25) is 0 Å². The highest BCUT2D eigenvalue weighted by molar-refractivity contribution is 5.68. The summed E-state index contributed by atoms with van der Waals surface area (Å²) in [4.78, 5) is 20.2. The minimum absolute atomic E-state index is 0.323. The molecule has 2 aromatic rings. The molecule has 0 N–H and O–H groups in total. The molecule has 0 unspecified atom stereocenters. The van der Waals surface area contributed by atoms with Crippen LogP contribution in [0.5, 0.6) is 0 Å². The van der Waals surface area contributed by atoms with Crippen LogP contribution in [0.3, 0.4) is 0 Å². The molecule has 0 aliphatic heterocycles.